The number of fused-ring (bicyclic) bond motifs is 1. The van der Waals surface area contributed by atoms with Crippen molar-refractivity contribution in [3.63, 3.8) is 0 Å². The van der Waals surface area contributed by atoms with Gasteiger partial charge in [-0.15, -0.1) is 0 Å². The van der Waals surface area contributed by atoms with E-state index in [0.29, 0.717) is 19.6 Å². The van der Waals surface area contributed by atoms with Crippen LogP contribution in [0, 0.1) is 0 Å². The molecule has 1 aromatic carbocycles. The smallest absolute Gasteiger partial charge is 0.317 e. The van der Waals surface area contributed by atoms with Crippen LogP contribution in [0.2, 0.25) is 0 Å². The zero-order valence-electron chi connectivity index (χ0n) is 16.4. The third-order valence-electron chi connectivity index (χ3n) is 5.28. The Morgan fingerprint density at radius 2 is 2.07 bits per heavy atom. The van der Waals surface area contributed by atoms with Gasteiger partial charge in [-0.1, -0.05) is 18.2 Å². The molecule has 27 heavy (non-hydrogen) atoms. The van der Waals surface area contributed by atoms with E-state index in [-0.39, 0.29) is 17.7 Å². The molecular weight excluding hydrogens is 340 g/mol. The lowest BCUT2D eigenvalue weighted by molar-refractivity contribution is -0.117. The van der Waals surface area contributed by atoms with E-state index < -0.39 is 0 Å². The zero-order valence-corrected chi connectivity index (χ0v) is 16.4. The Kier molecular flexibility index (Phi) is 4.68. The van der Waals surface area contributed by atoms with E-state index in [4.69, 9.17) is 9.84 Å². The SMILES string of the molecule is CC1CN(C(=O)NCc2nn(-c3ccccc3)c3c2CCC3)CC(C)(C)O1. The summed E-state index contributed by atoms with van der Waals surface area (Å²) >= 11 is 0. The highest BCUT2D eigenvalue weighted by Gasteiger charge is 2.34. The number of nitrogens with one attached hydrogen (secondary N) is 1. The summed E-state index contributed by atoms with van der Waals surface area (Å²) in [6, 6.07) is 10.2. The lowest BCUT2D eigenvalue weighted by atomic mass is 10.1. The summed E-state index contributed by atoms with van der Waals surface area (Å²) in [5, 5.41) is 7.90. The summed E-state index contributed by atoms with van der Waals surface area (Å²) < 4.78 is 7.94. The maximum Gasteiger partial charge on any atom is 0.317 e. The standard InChI is InChI=1S/C21H28N4O2/c1-15-13-24(14-21(2,3)27-15)20(26)22-12-18-17-10-7-11-19(17)25(23-18)16-8-5-4-6-9-16/h4-6,8-9,15H,7,10-14H2,1-3H3,(H,22,26). The largest absolute Gasteiger partial charge is 0.369 e. The van der Waals surface area contributed by atoms with Gasteiger partial charge < -0.3 is 15.0 Å². The number of aromatic nitrogens is 2. The molecule has 1 aliphatic carbocycles. The molecule has 2 heterocycles. The van der Waals surface area contributed by atoms with Gasteiger partial charge in [0, 0.05) is 12.2 Å². The summed E-state index contributed by atoms with van der Waals surface area (Å²) in [5.41, 5.74) is 4.34. The maximum atomic E-state index is 12.7. The van der Waals surface area contributed by atoms with Crippen molar-refractivity contribution in [2.75, 3.05) is 13.1 Å². The molecule has 0 saturated carbocycles. The highest BCUT2D eigenvalue weighted by atomic mass is 16.5. The molecule has 4 rings (SSSR count). The van der Waals surface area contributed by atoms with Crippen LogP contribution in [0.4, 0.5) is 4.79 Å². The minimum atomic E-state index is -0.314. The predicted molar refractivity (Wildman–Crippen MR) is 104 cm³/mol. The van der Waals surface area contributed by atoms with Gasteiger partial charge in [-0.25, -0.2) is 9.48 Å². The number of urea groups is 1. The van der Waals surface area contributed by atoms with Crippen molar-refractivity contribution >= 4 is 6.03 Å². The van der Waals surface area contributed by atoms with Gasteiger partial charge in [0.15, 0.2) is 0 Å². The number of hydrogen-bond donors (Lipinski definition) is 1. The van der Waals surface area contributed by atoms with Crippen molar-refractivity contribution in [1.29, 1.82) is 0 Å². The number of amides is 2. The first kappa shape index (κ1) is 18.0. The number of carbonyl (C=O) groups is 1. The van der Waals surface area contributed by atoms with Crippen LogP contribution >= 0.6 is 0 Å². The van der Waals surface area contributed by atoms with Gasteiger partial charge in [-0.3, -0.25) is 0 Å². The Labute approximate surface area is 160 Å². The third-order valence-corrected chi connectivity index (χ3v) is 5.28. The fraction of sp³-hybridized carbons (Fsp3) is 0.524. The van der Waals surface area contributed by atoms with E-state index in [1.54, 1.807) is 0 Å². The van der Waals surface area contributed by atoms with Crippen LogP contribution in [-0.2, 0) is 24.1 Å². The molecule has 6 nitrogen and oxygen atoms in total. The summed E-state index contributed by atoms with van der Waals surface area (Å²) in [7, 11) is 0. The van der Waals surface area contributed by atoms with Gasteiger partial charge in [0.2, 0.25) is 0 Å². The Balaban J connectivity index is 1.48. The third kappa shape index (κ3) is 3.72. The molecule has 1 unspecified atom stereocenters. The van der Waals surface area contributed by atoms with Crippen molar-refractivity contribution < 1.29 is 9.53 Å². The molecule has 2 aliphatic rings. The van der Waals surface area contributed by atoms with Crippen LogP contribution in [0.25, 0.3) is 5.69 Å². The number of para-hydroxylation sites is 1. The fourth-order valence-corrected chi connectivity index (χ4v) is 4.32. The van der Waals surface area contributed by atoms with E-state index in [0.717, 1.165) is 30.6 Å². The first-order valence-electron chi connectivity index (χ1n) is 9.78. The van der Waals surface area contributed by atoms with Gasteiger partial charge in [0.05, 0.1) is 36.2 Å². The van der Waals surface area contributed by atoms with Crippen LogP contribution < -0.4 is 5.32 Å². The van der Waals surface area contributed by atoms with Gasteiger partial charge in [0.1, 0.15) is 0 Å². The average molecular weight is 368 g/mol. The molecule has 144 valence electrons. The fourth-order valence-electron chi connectivity index (χ4n) is 4.32. The summed E-state index contributed by atoms with van der Waals surface area (Å²) in [5.74, 6) is 0. The van der Waals surface area contributed by atoms with Crippen molar-refractivity contribution in [2.24, 2.45) is 0 Å². The first-order chi connectivity index (χ1) is 12.9. The minimum Gasteiger partial charge on any atom is -0.369 e. The Hall–Kier alpha value is -2.34. The number of carbonyl (C=O) groups excluding carboxylic acids is 1. The molecule has 0 bridgehead atoms. The van der Waals surface area contributed by atoms with Crippen LogP contribution in [-0.4, -0.2) is 45.5 Å². The second kappa shape index (κ2) is 7.00. The maximum absolute atomic E-state index is 12.7. The Morgan fingerprint density at radius 1 is 1.30 bits per heavy atom. The highest BCUT2D eigenvalue weighted by molar-refractivity contribution is 5.74. The monoisotopic (exact) mass is 368 g/mol. The average Bonchev–Trinajstić information content (AvgIpc) is 3.21. The molecule has 1 fully saturated rings. The molecule has 1 saturated heterocycles. The lowest BCUT2D eigenvalue weighted by Gasteiger charge is -2.41. The van der Waals surface area contributed by atoms with Crippen LogP contribution in [0.1, 0.15) is 44.1 Å². The molecule has 0 radical (unpaired) electrons. The van der Waals surface area contributed by atoms with E-state index in [1.165, 1.54) is 11.3 Å². The van der Waals surface area contributed by atoms with Crippen molar-refractivity contribution in [1.82, 2.24) is 20.0 Å². The quantitative estimate of drug-likeness (QED) is 0.906. The van der Waals surface area contributed by atoms with Gasteiger partial charge >= 0.3 is 6.03 Å². The number of nitrogens with zero attached hydrogens (tertiary/aromatic N) is 3. The number of morpholine rings is 1. The van der Waals surface area contributed by atoms with Crippen molar-refractivity contribution in [3.05, 3.63) is 47.3 Å². The van der Waals surface area contributed by atoms with Crippen LogP contribution in [0.5, 0.6) is 0 Å². The minimum absolute atomic E-state index is 0.0424. The topological polar surface area (TPSA) is 59.4 Å². The number of ether oxygens (including phenoxy) is 1. The summed E-state index contributed by atoms with van der Waals surface area (Å²) in [4.78, 5) is 14.6. The normalized spacial score (nSPS) is 21.1. The molecule has 2 aromatic rings. The van der Waals surface area contributed by atoms with Crippen LogP contribution in [0.15, 0.2) is 30.3 Å². The van der Waals surface area contributed by atoms with E-state index in [9.17, 15) is 4.79 Å². The van der Waals surface area contributed by atoms with E-state index >= 15 is 0 Å². The van der Waals surface area contributed by atoms with E-state index in [1.807, 2.05) is 48.6 Å². The molecule has 0 spiro atoms. The van der Waals surface area contributed by atoms with E-state index in [2.05, 4.69) is 17.4 Å². The number of rotatable bonds is 3. The molecule has 2 amide bonds. The molecule has 1 N–H and O–H groups in total. The summed E-state index contributed by atoms with van der Waals surface area (Å²) in [6.07, 6.45) is 3.27. The summed E-state index contributed by atoms with van der Waals surface area (Å²) in [6.45, 7) is 7.74. The van der Waals surface area contributed by atoms with Gasteiger partial charge in [0.25, 0.3) is 0 Å². The molecule has 6 heteroatoms. The van der Waals surface area contributed by atoms with Crippen molar-refractivity contribution in [3.8, 4) is 5.69 Å². The van der Waals surface area contributed by atoms with Gasteiger partial charge in [-0.05, 0) is 57.7 Å². The van der Waals surface area contributed by atoms with Crippen molar-refractivity contribution in [2.45, 2.75) is 58.3 Å². The molecule has 1 aromatic heterocycles. The Morgan fingerprint density at radius 3 is 2.81 bits per heavy atom. The predicted octanol–water partition coefficient (Wildman–Crippen LogP) is 3.07. The molecule has 1 aliphatic heterocycles. The second-order valence-corrected chi connectivity index (χ2v) is 8.20. The van der Waals surface area contributed by atoms with Crippen LogP contribution in [0.3, 0.4) is 0 Å². The lowest BCUT2D eigenvalue weighted by Crippen LogP contribution is -2.56. The Bertz CT molecular complexity index is 828. The van der Waals surface area contributed by atoms with Gasteiger partial charge in [-0.2, -0.15) is 5.10 Å². The first-order valence-corrected chi connectivity index (χ1v) is 9.78. The second-order valence-electron chi connectivity index (χ2n) is 8.20. The number of benzene rings is 1. The number of hydrogen-bond acceptors (Lipinski definition) is 3. The zero-order chi connectivity index (χ0) is 19.0. The molecular formula is C21H28N4O2. The molecule has 1 atom stereocenters. The highest BCUT2D eigenvalue weighted by Crippen LogP contribution is 2.28.